The van der Waals surface area contributed by atoms with E-state index in [2.05, 4.69) is 10.2 Å². The molecule has 0 unspecified atom stereocenters. The maximum Gasteiger partial charge on any atom is 0.297 e. The quantitative estimate of drug-likeness (QED) is 0.485. The van der Waals surface area contributed by atoms with Crippen molar-refractivity contribution in [1.82, 2.24) is 10.2 Å². The number of halogens is 1. The summed E-state index contributed by atoms with van der Waals surface area (Å²) >= 11 is 1.32. The van der Waals surface area contributed by atoms with Gasteiger partial charge in [-0.2, -0.15) is 0 Å². The average molecular weight is 421 g/mol. The highest BCUT2D eigenvalue weighted by Crippen LogP contribution is 2.42. The highest BCUT2D eigenvalue weighted by Gasteiger charge is 2.45. The molecule has 0 radical (unpaired) electrons. The molecule has 1 aliphatic heterocycles. The smallest absolute Gasteiger partial charge is 0.297 e. The summed E-state index contributed by atoms with van der Waals surface area (Å²) in [7, 11) is 0. The number of aryl methyl sites for hydroxylation is 1. The summed E-state index contributed by atoms with van der Waals surface area (Å²) in [5.41, 5.74) is 0.677. The predicted octanol–water partition coefficient (Wildman–Crippen LogP) is 4.49. The molecule has 150 valence electrons. The highest BCUT2D eigenvalue weighted by molar-refractivity contribution is 7.15. The Bertz CT molecular complexity index is 1330. The zero-order valence-corrected chi connectivity index (χ0v) is 16.8. The van der Waals surface area contributed by atoms with Crippen molar-refractivity contribution in [2.24, 2.45) is 0 Å². The van der Waals surface area contributed by atoms with Crippen molar-refractivity contribution in [3.63, 3.8) is 0 Å². The molecule has 4 aromatic rings. The van der Waals surface area contributed by atoms with Crippen molar-refractivity contribution in [3.8, 4) is 0 Å². The molecule has 2 aromatic carbocycles. The second-order valence-corrected chi connectivity index (χ2v) is 8.07. The predicted molar refractivity (Wildman–Crippen MR) is 111 cm³/mol. The number of carbonyl (C=O) groups excluding carboxylic acids is 1. The summed E-state index contributed by atoms with van der Waals surface area (Å²) in [6.45, 7) is 2.04. The van der Waals surface area contributed by atoms with E-state index in [1.54, 1.807) is 0 Å². The van der Waals surface area contributed by atoms with Crippen LogP contribution in [0.5, 0.6) is 0 Å². The number of rotatable bonds is 4. The lowest BCUT2D eigenvalue weighted by atomic mass is 9.99. The number of nitrogens with zero attached hydrogens (tertiary/aromatic N) is 3. The van der Waals surface area contributed by atoms with Crippen molar-refractivity contribution in [1.29, 1.82) is 0 Å². The highest BCUT2D eigenvalue weighted by atomic mass is 32.1. The third kappa shape index (κ3) is 2.83. The summed E-state index contributed by atoms with van der Waals surface area (Å²) in [4.78, 5) is 28.2. The molecule has 0 bridgehead atoms. The fourth-order valence-electron chi connectivity index (χ4n) is 3.75. The molecule has 0 spiro atoms. The van der Waals surface area contributed by atoms with Crippen molar-refractivity contribution >= 4 is 33.3 Å². The first-order chi connectivity index (χ1) is 14.6. The molecule has 2 aromatic heterocycles. The zero-order chi connectivity index (χ0) is 20.8. The number of hydrogen-bond donors (Lipinski definition) is 0. The Morgan fingerprint density at radius 1 is 1.13 bits per heavy atom. The lowest BCUT2D eigenvalue weighted by molar-refractivity contribution is 0.0970. The Balaban J connectivity index is 1.77. The molecule has 0 fully saturated rings. The van der Waals surface area contributed by atoms with Crippen LogP contribution < -0.4 is 10.3 Å². The largest absolute Gasteiger partial charge is 0.450 e. The monoisotopic (exact) mass is 421 g/mol. The lowest BCUT2D eigenvalue weighted by Crippen LogP contribution is -2.29. The van der Waals surface area contributed by atoms with E-state index >= 15 is 0 Å². The summed E-state index contributed by atoms with van der Waals surface area (Å²) in [5.74, 6) is -1.04. The molecular weight excluding hydrogens is 405 g/mol. The summed E-state index contributed by atoms with van der Waals surface area (Å²) in [6, 6.07) is 12.2. The second kappa shape index (κ2) is 7.14. The van der Waals surface area contributed by atoms with Gasteiger partial charge < -0.3 is 4.42 Å². The van der Waals surface area contributed by atoms with Gasteiger partial charge in [-0.3, -0.25) is 14.5 Å². The van der Waals surface area contributed by atoms with Gasteiger partial charge in [-0.1, -0.05) is 48.6 Å². The Labute approximate surface area is 174 Å². The second-order valence-electron chi connectivity index (χ2n) is 7.03. The number of benzene rings is 2. The first kappa shape index (κ1) is 18.6. The van der Waals surface area contributed by atoms with Gasteiger partial charge in [0, 0.05) is 6.42 Å². The summed E-state index contributed by atoms with van der Waals surface area (Å²) in [6.07, 6.45) is 1.66. The van der Waals surface area contributed by atoms with Gasteiger partial charge in [0.2, 0.25) is 10.9 Å². The van der Waals surface area contributed by atoms with Gasteiger partial charge in [-0.25, -0.2) is 4.39 Å². The minimum atomic E-state index is -0.722. The van der Waals surface area contributed by atoms with Crippen molar-refractivity contribution in [2.75, 3.05) is 4.90 Å². The van der Waals surface area contributed by atoms with E-state index in [0.29, 0.717) is 5.13 Å². The van der Waals surface area contributed by atoms with E-state index in [9.17, 15) is 14.0 Å². The van der Waals surface area contributed by atoms with Crippen LogP contribution in [-0.2, 0) is 6.42 Å². The van der Waals surface area contributed by atoms with Gasteiger partial charge >= 0.3 is 0 Å². The SMILES string of the molecule is CCCc1nnc(N2C(=O)c3oc4ccc(F)cc4c(=O)c3[C@H]2c2ccccc2)s1. The standard InChI is InChI=1S/C22H16FN3O3S/c1-2-6-16-24-25-22(30-16)26-18(12-7-4-3-5-8-12)17-19(27)14-11-13(23)9-10-15(14)29-20(17)21(26)28/h3-5,7-11,18H,2,6H2,1H3/t18-/m1/s1. The normalized spacial score (nSPS) is 15.7. The van der Waals surface area contributed by atoms with Crippen LogP contribution in [0.4, 0.5) is 9.52 Å². The average Bonchev–Trinajstić information content (AvgIpc) is 3.32. The molecule has 1 aliphatic rings. The number of hydrogen-bond acceptors (Lipinski definition) is 6. The van der Waals surface area contributed by atoms with E-state index in [0.717, 1.165) is 29.5 Å². The van der Waals surface area contributed by atoms with E-state index in [4.69, 9.17) is 4.42 Å². The van der Waals surface area contributed by atoms with E-state index in [1.165, 1.54) is 28.4 Å². The topological polar surface area (TPSA) is 76.3 Å². The van der Waals surface area contributed by atoms with Crippen LogP contribution in [0.3, 0.4) is 0 Å². The number of aromatic nitrogens is 2. The van der Waals surface area contributed by atoms with Gasteiger partial charge in [0.25, 0.3) is 5.91 Å². The molecule has 5 rings (SSSR count). The number of carbonyl (C=O) groups is 1. The fraction of sp³-hybridized carbons (Fsp3) is 0.182. The summed E-state index contributed by atoms with van der Waals surface area (Å²) in [5, 5.41) is 9.71. The van der Waals surface area contributed by atoms with E-state index in [1.807, 2.05) is 37.3 Å². The number of fused-ring (bicyclic) bond motifs is 2. The van der Waals surface area contributed by atoms with Crippen LogP contribution in [0.1, 0.15) is 46.1 Å². The van der Waals surface area contributed by atoms with Crippen LogP contribution in [0.25, 0.3) is 11.0 Å². The molecule has 0 aliphatic carbocycles. The van der Waals surface area contributed by atoms with Gasteiger partial charge in [0.1, 0.15) is 16.4 Å². The third-order valence-electron chi connectivity index (χ3n) is 5.07. The van der Waals surface area contributed by atoms with Crippen LogP contribution >= 0.6 is 11.3 Å². The zero-order valence-electron chi connectivity index (χ0n) is 16.0. The van der Waals surface area contributed by atoms with Gasteiger partial charge in [0.15, 0.2) is 5.43 Å². The fourth-order valence-corrected chi connectivity index (χ4v) is 4.72. The minimum Gasteiger partial charge on any atom is -0.450 e. The minimum absolute atomic E-state index is 0.0415. The van der Waals surface area contributed by atoms with Gasteiger partial charge in [0.05, 0.1) is 17.0 Å². The van der Waals surface area contributed by atoms with Crippen molar-refractivity contribution < 1.29 is 13.6 Å². The van der Waals surface area contributed by atoms with Crippen molar-refractivity contribution in [3.05, 3.63) is 86.5 Å². The molecule has 6 nitrogen and oxygen atoms in total. The lowest BCUT2D eigenvalue weighted by Gasteiger charge is -2.21. The maximum atomic E-state index is 13.8. The Morgan fingerprint density at radius 3 is 2.70 bits per heavy atom. The first-order valence-electron chi connectivity index (χ1n) is 9.55. The molecule has 0 saturated carbocycles. The van der Waals surface area contributed by atoms with Crippen LogP contribution in [-0.4, -0.2) is 16.1 Å². The molecule has 3 heterocycles. The van der Waals surface area contributed by atoms with E-state index in [-0.39, 0.29) is 22.3 Å². The Kier molecular flexibility index (Phi) is 4.43. The number of amides is 1. The van der Waals surface area contributed by atoms with Gasteiger partial charge in [-0.15, -0.1) is 10.2 Å². The Morgan fingerprint density at radius 2 is 1.93 bits per heavy atom. The van der Waals surface area contributed by atoms with Crippen LogP contribution in [0.2, 0.25) is 0 Å². The van der Waals surface area contributed by atoms with Crippen molar-refractivity contribution in [2.45, 2.75) is 25.8 Å². The Hall–Kier alpha value is -3.39. The molecular formula is C22H16FN3O3S. The molecule has 30 heavy (non-hydrogen) atoms. The van der Waals surface area contributed by atoms with Gasteiger partial charge in [-0.05, 0) is 30.2 Å². The molecule has 0 saturated heterocycles. The van der Waals surface area contributed by atoms with E-state index < -0.39 is 23.2 Å². The molecule has 1 atom stereocenters. The number of anilines is 1. The molecule has 8 heteroatoms. The summed E-state index contributed by atoms with van der Waals surface area (Å²) < 4.78 is 19.6. The maximum absolute atomic E-state index is 13.8. The molecule has 1 amide bonds. The van der Waals surface area contributed by atoms with Crippen LogP contribution in [0.15, 0.2) is 57.7 Å². The third-order valence-corrected chi connectivity index (χ3v) is 6.06. The van der Waals surface area contributed by atoms with Crippen LogP contribution in [0, 0.1) is 5.82 Å². The molecule has 0 N–H and O–H groups in total. The first-order valence-corrected chi connectivity index (χ1v) is 10.4.